The van der Waals surface area contributed by atoms with Gasteiger partial charge in [-0.1, -0.05) is 76.1 Å². The van der Waals surface area contributed by atoms with Crippen molar-refractivity contribution in [2.24, 2.45) is 0 Å². The molecule has 0 bridgehead atoms. The van der Waals surface area contributed by atoms with Crippen molar-refractivity contribution in [3.63, 3.8) is 0 Å². The van der Waals surface area contributed by atoms with E-state index in [4.69, 9.17) is 0 Å². The van der Waals surface area contributed by atoms with Gasteiger partial charge in [-0.15, -0.1) is 0 Å². The predicted octanol–water partition coefficient (Wildman–Crippen LogP) is 7.29. The van der Waals surface area contributed by atoms with Crippen LogP contribution < -0.4 is 0 Å². The van der Waals surface area contributed by atoms with Crippen LogP contribution in [0.25, 0.3) is 11.6 Å². The number of fused-ring (bicyclic) bond motifs is 3. The minimum atomic E-state index is 0.266. The highest BCUT2D eigenvalue weighted by Crippen LogP contribution is 2.45. The molecule has 0 aliphatic heterocycles. The van der Waals surface area contributed by atoms with Crippen molar-refractivity contribution in [2.75, 3.05) is 0 Å². The minimum absolute atomic E-state index is 0.266. The fourth-order valence-electron chi connectivity index (χ4n) is 4.29. The summed E-state index contributed by atoms with van der Waals surface area (Å²) in [5.74, 6) is 0.266. The quantitative estimate of drug-likeness (QED) is 0.428. The molecule has 0 N–H and O–H groups in total. The summed E-state index contributed by atoms with van der Waals surface area (Å²) >= 11 is 0. The highest BCUT2D eigenvalue weighted by atomic mass is 16.1. The molecule has 0 aromatic heterocycles. The van der Waals surface area contributed by atoms with E-state index in [1.807, 2.05) is 0 Å². The van der Waals surface area contributed by atoms with Crippen LogP contribution in [0, 0.1) is 0 Å². The smallest absolute Gasteiger partial charge is 0.189 e. The van der Waals surface area contributed by atoms with Gasteiger partial charge in [0.05, 0.1) is 0 Å². The topological polar surface area (TPSA) is 17.1 Å². The largest absolute Gasteiger partial charge is 0.289 e. The Bertz CT molecular complexity index is 773. The number of benzene rings is 1. The molecule has 0 fully saturated rings. The zero-order valence-corrected chi connectivity index (χ0v) is 16.7. The van der Waals surface area contributed by atoms with Gasteiger partial charge in [-0.05, 0) is 60.6 Å². The Morgan fingerprint density at radius 1 is 0.808 bits per heavy atom. The minimum Gasteiger partial charge on any atom is -0.289 e. The third kappa shape index (κ3) is 3.77. The van der Waals surface area contributed by atoms with Crippen molar-refractivity contribution in [3.05, 3.63) is 57.7 Å². The van der Waals surface area contributed by atoms with E-state index in [0.717, 1.165) is 24.0 Å². The third-order valence-electron chi connectivity index (χ3n) is 5.99. The van der Waals surface area contributed by atoms with Crippen LogP contribution in [0.5, 0.6) is 0 Å². The van der Waals surface area contributed by atoms with Gasteiger partial charge in [0.1, 0.15) is 0 Å². The van der Waals surface area contributed by atoms with Crippen LogP contribution in [0.4, 0.5) is 0 Å². The number of allylic oxidation sites excluding steroid dienone is 5. The third-order valence-corrected chi connectivity index (χ3v) is 5.99. The van der Waals surface area contributed by atoms with E-state index >= 15 is 0 Å². The van der Waals surface area contributed by atoms with E-state index in [2.05, 4.69) is 51.1 Å². The van der Waals surface area contributed by atoms with E-state index in [1.165, 1.54) is 72.8 Å². The molecule has 0 unspecified atom stereocenters. The fourth-order valence-corrected chi connectivity index (χ4v) is 4.29. The van der Waals surface area contributed by atoms with E-state index in [9.17, 15) is 4.79 Å². The molecule has 1 aromatic rings. The van der Waals surface area contributed by atoms with Gasteiger partial charge in [-0.25, -0.2) is 0 Å². The second-order valence-corrected chi connectivity index (χ2v) is 7.80. The zero-order valence-electron chi connectivity index (χ0n) is 16.7. The van der Waals surface area contributed by atoms with Gasteiger partial charge in [-0.3, -0.25) is 4.79 Å². The number of rotatable bonds is 9. The SMILES string of the molecule is CCCCCCCCCCC1=C(C)C(C)=C2C(=Cc3ccccc32)C1=O. The molecule has 2 aliphatic rings. The summed E-state index contributed by atoms with van der Waals surface area (Å²) in [4.78, 5) is 13.1. The molecule has 1 heteroatoms. The summed E-state index contributed by atoms with van der Waals surface area (Å²) in [6, 6.07) is 8.37. The number of carbonyl (C=O) groups excluding carboxylic acids is 1. The number of ketones is 1. The molecule has 2 aliphatic carbocycles. The standard InChI is InChI=1S/C25H32O/c1-4-5-6-7-8-9-10-11-15-21-18(2)19(3)24-22-16-13-12-14-20(22)17-23(24)25(21)26/h12-14,16-17H,4-11,15H2,1-3H3. The average Bonchev–Trinajstić information content (AvgIpc) is 3.04. The molecule has 26 heavy (non-hydrogen) atoms. The Kier molecular flexibility index (Phi) is 6.29. The zero-order chi connectivity index (χ0) is 18.5. The van der Waals surface area contributed by atoms with E-state index < -0.39 is 0 Å². The van der Waals surface area contributed by atoms with Gasteiger partial charge < -0.3 is 0 Å². The number of unbranched alkanes of at least 4 members (excludes halogenated alkanes) is 7. The summed E-state index contributed by atoms with van der Waals surface area (Å²) in [6.07, 6.45) is 13.5. The summed E-state index contributed by atoms with van der Waals surface area (Å²) in [6.45, 7) is 6.58. The lowest BCUT2D eigenvalue weighted by Crippen LogP contribution is -2.14. The van der Waals surface area contributed by atoms with Gasteiger partial charge in [0.2, 0.25) is 0 Å². The summed E-state index contributed by atoms with van der Waals surface area (Å²) in [5.41, 5.74) is 8.05. The summed E-state index contributed by atoms with van der Waals surface area (Å²) in [5, 5.41) is 0. The molecule has 0 radical (unpaired) electrons. The predicted molar refractivity (Wildman–Crippen MR) is 112 cm³/mol. The number of Topliss-reactive ketones (excluding diaryl/α,β-unsaturated/α-hetero) is 1. The molecular weight excluding hydrogens is 316 g/mol. The fraction of sp³-hybridized carbons (Fsp3) is 0.480. The van der Waals surface area contributed by atoms with Gasteiger partial charge in [0.25, 0.3) is 0 Å². The van der Waals surface area contributed by atoms with E-state index in [0.29, 0.717) is 0 Å². The number of carbonyl (C=O) groups is 1. The molecule has 1 nitrogen and oxygen atoms in total. The second-order valence-electron chi connectivity index (χ2n) is 7.80. The molecule has 138 valence electrons. The van der Waals surface area contributed by atoms with Crippen molar-refractivity contribution in [2.45, 2.75) is 78.6 Å². The van der Waals surface area contributed by atoms with Crippen LogP contribution in [-0.2, 0) is 4.79 Å². The van der Waals surface area contributed by atoms with Crippen LogP contribution >= 0.6 is 0 Å². The van der Waals surface area contributed by atoms with Crippen LogP contribution in [0.15, 0.2) is 46.6 Å². The first kappa shape index (κ1) is 18.9. The van der Waals surface area contributed by atoms with Crippen molar-refractivity contribution in [1.82, 2.24) is 0 Å². The van der Waals surface area contributed by atoms with Crippen molar-refractivity contribution in [1.29, 1.82) is 0 Å². The molecule has 1 aromatic carbocycles. The molecule has 0 saturated heterocycles. The Hall–Kier alpha value is -1.89. The lowest BCUT2D eigenvalue weighted by Gasteiger charge is -2.22. The maximum absolute atomic E-state index is 13.1. The Morgan fingerprint density at radius 3 is 2.19 bits per heavy atom. The van der Waals surface area contributed by atoms with Crippen molar-refractivity contribution < 1.29 is 4.79 Å². The van der Waals surface area contributed by atoms with Crippen molar-refractivity contribution >= 4 is 17.4 Å². The first-order valence-electron chi connectivity index (χ1n) is 10.4. The normalized spacial score (nSPS) is 16.1. The van der Waals surface area contributed by atoms with E-state index in [1.54, 1.807) is 0 Å². The Morgan fingerprint density at radius 2 is 1.46 bits per heavy atom. The molecule has 3 rings (SSSR count). The highest BCUT2D eigenvalue weighted by molar-refractivity contribution is 6.27. The monoisotopic (exact) mass is 348 g/mol. The lowest BCUT2D eigenvalue weighted by atomic mass is 9.80. The first-order valence-corrected chi connectivity index (χ1v) is 10.4. The molecule has 0 spiro atoms. The molecule has 0 amide bonds. The maximum Gasteiger partial charge on any atom is 0.189 e. The van der Waals surface area contributed by atoms with Crippen LogP contribution in [0.3, 0.4) is 0 Å². The molecule has 0 saturated carbocycles. The number of hydrogen-bond acceptors (Lipinski definition) is 1. The lowest BCUT2D eigenvalue weighted by molar-refractivity contribution is -0.112. The van der Waals surface area contributed by atoms with Crippen LogP contribution in [0.2, 0.25) is 0 Å². The maximum atomic E-state index is 13.1. The molecular formula is C25H32O. The van der Waals surface area contributed by atoms with Gasteiger partial charge >= 0.3 is 0 Å². The first-order chi connectivity index (χ1) is 12.6. The van der Waals surface area contributed by atoms with Crippen LogP contribution in [-0.4, -0.2) is 5.78 Å². The molecule has 0 atom stereocenters. The van der Waals surface area contributed by atoms with Gasteiger partial charge in [0.15, 0.2) is 5.78 Å². The van der Waals surface area contributed by atoms with Crippen LogP contribution in [0.1, 0.15) is 89.7 Å². The second kappa shape index (κ2) is 8.66. The highest BCUT2D eigenvalue weighted by Gasteiger charge is 2.32. The summed E-state index contributed by atoms with van der Waals surface area (Å²) in [7, 11) is 0. The Labute approximate surface area is 158 Å². The van der Waals surface area contributed by atoms with Crippen molar-refractivity contribution in [3.8, 4) is 0 Å². The molecule has 0 heterocycles. The summed E-state index contributed by atoms with van der Waals surface area (Å²) < 4.78 is 0. The average molecular weight is 349 g/mol. The number of hydrogen-bond donors (Lipinski definition) is 0. The van der Waals surface area contributed by atoms with Gasteiger partial charge in [-0.2, -0.15) is 0 Å². The van der Waals surface area contributed by atoms with E-state index in [-0.39, 0.29) is 5.78 Å². The van der Waals surface area contributed by atoms with Gasteiger partial charge in [0, 0.05) is 11.1 Å². The Balaban J connectivity index is 1.62.